The number of rotatable bonds is 2. The van der Waals surface area contributed by atoms with E-state index in [2.05, 4.69) is 54.3 Å². The smallest absolute Gasteiger partial charge is 0.0411 e. The Labute approximate surface area is 98.0 Å². The lowest BCUT2D eigenvalue weighted by molar-refractivity contribution is 0.589. The zero-order chi connectivity index (χ0) is 11.5. The van der Waals surface area contributed by atoms with E-state index in [0.717, 1.165) is 26.2 Å². The summed E-state index contributed by atoms with van der Waals surface area (Å²) in [6.07, 6.45) is 0. The highest BCUT2D eigenvalue weighted by Crippen LogP contribution is 2.25. The van der Waals surface area contributed by atoms with Crippen LogP contribution in [-0.2, 0) is 0 Å². The van der Waals surface area contributed by atoms with Crippen LogP contribution in [0.5, 0.6) is 0 Å². The van der Waals surface area contributed by atoms with Gasteiger partial charge in [0.2, 0.25) is 0 Å². The minimum absolute atomic E-state index is 1.09. The second kappa shape index (κ2) is 4.74. The molecule has 1 aromatic rings. The monoisotopic (exact) mass is 219 g/mol. The first-order valence-electron chi connectivity index (χ1n) is 5.92. The lowest BCUT2D eigenvalue weighted by Gasteiger charge is -2.30. The molecule has 0 amide bonds. The van der Waals surface area contributed by atoms with Gasteiger partial charge in [-0.1, -0.05) is 6.07 Å². The van der Waals surface area contributed by atoms with Crippen LogP contribution in [0.2, 0.25) is 0 Å². The lowest BCUT2D eigenvalue weighted by Crippen LogP contribution is -2.43. The Hall–Kier alpha value is -1.22. The SMILES string of the molecule is Cc1ccc(N2CCNCC2)cc1N(C)C. The van der Waals surface area contributed by atoms with Gasteiger partial charge in [-0.05, 0) is 24.6 Å². The van der Waals surface area contributed by atoms with Crippen molar-refractivity contribution in [3.8, 4) is 0 Å². The van der Waals surface area contributed by atoms with Gasteiger partial charge in [-0.3, -0.25) is 0 Å². The molecule has 1 aliphatic rings. The summed E-state index contributed by atoms with van der Waals surface area (Å²) in [7, 11) is 4.20. The number of anilines is 2. The molecule has 1 fully saturated rings. The molecule has 1 aliphatic heterocycles. The summed E-state index contributed by atoms with van der Waals surface area (Å²) in [6.45, 7) is 6.55. The number of hydrogen-bond donors (Lipinski definition) is 1. The summed E-state index contributed by atoms with van der Waals surface area (Å²) in [4.78, 5) is 4.63. The van der Waals surface area contributed by atoms with Gasteiger partial charge in [-0.2, -0.15) is 0 Å². The molecule has 1 N–H and O–H groups in total. The van der Waals surface area contributed by atoms with Gasteiger partial charge in [0.15, 0.2) is 0 Å². The quantitative estimate of drug-likeness (QED) is 0.812. The maximum atomic E-state index is 3.38. The number of aryl methyl sites for hydroxylation is 1. The molecule has 1 heterocycles. The van der Waals surface area contributed by atoms with Crippen molar-refractivity contribution in [2.45, 2.75) is 6.92 Å². The minimum Gasteiger partial charge on any atom is -0.377 e. The Morgan fingerprint density at radius 2 is 1.88 bits per heavy atom. The average molecular weight is 219 g/mol. The Bertz CT molecular complexity index is 354. The Morgan fingerprint density at radius 3 is 2.50 bits per heavy atom. The molecule has 0 spiro atoms. The van der Waals surface area contributed by atoms with E-state index in [1.54, 1.807) is 0 Å². The normalized spacial score (nSPS) is 16.3. The molecule has 3 nitrogen and oxygen atoms in total. The van der Waals surface area contributed by atoms with E-state index >= 15 is 0 Å². The maximum absolute atomic E-state index is 3.38. The third kappa shape index (κ3) is 2.30. The molecular formula is C13H21N3. The Balaban J connectivity index is 2.24. The molecule has 1 saturated heterocycles. The standard InChI is InChI=1S/C13H21N3/c1-11-4-5-12(10-13(11)15(2)3)16-8-6-14-7-9-16/h4-5,10,14H,6-9H2,1-3H3. The van der Waals surface area contributed by atoms with E-state index in [0.29, 0.717) is 0 Å². The van der Waals surface area contributed by atoms with E-state index in [1.165, 1.54) is 16.9 Å². The van der Waals surface area contributed by atoms with Crippen LogP contribution in [0.3, 0.4) is 0 Å². The molecule has 0 bridgehead atoms. The van der Waals surface area contributed by atoms with Crippen LogP contribution in [0, 0.1) is 6.92 Å². The van der Waals surface area contributed by atoms with E-state index in [1.807, 2.05) is 0 Å². The zero-order valence-electron chi connectivity index (χ0n) is 10.5. The number of benzene rings is 1. The van der Waals surface area contributed by atoms with Gasteiger partial charge < -0.3 is 15.1 Å². The number of hydrogen-bond acceptors (Lipinski definition) is 3. The molecule has 3 heteroatoms. The predicted octanol–water partition coefficient (Wildman–Crippen LogP) is 1.47. The van der Waals surface area contributed by atoms with Gasteiger partial charge in [-0.25, -0.2) is 0 Å². The van der Waals surface area contributed by atoms with Crippen molar-refractivity contribution in [1.29, 1.82) is 0 Å². The van der Waals surface area contributed by atoms with Crippen LogP contribution >= 0.6 is 0 Å². The summed E-state index contributed by atoms with van der Waals surface area (Å²) in [6, 6.07) is 6.74. The molecule has 16 heavy (non-hydrogen) atoms. The zero-order valence-corrected chi connectivity index (χ0v) is 10.5. The molecule has 2 rings (SSSR count). The fourth-order valence-electron chi connectivity index (χ4n) is 2.20. The number of nitrogens with zero attached hydrogens (tertiary/aromatic N) is 2. The van der Waals surface area contributed by atoms with E-state index in [-0.39, 0.29) is 0 Å². The van der Waals surface area contributed by atoms with Crippen molar-refractivity contribution in [2.24, 2.45) is 0 Å². The Kier molecular flexibility index (Phi) is 3.34. The average Bonchev–Trinajstić information content (AvgIpc) is 2.30. The summed E-state index contributed by atoms with van der Waals surface area (Å²) >= 11 is 0. The van der Waals surface area contributed by atoms with Crippen molar-refractivity contribution < 1.29 is 0 Å². The Morgan fingerprint density at radius 1 is 1.19 bits per heavy atom. The third-order valence-electron chi connectivity index (χ3n) is 3.16. The van der Waals surface area contributed by atoms with Gasteiger partial charge in [0.05, 0.1) is 0 Å². The van der Waals surface area contributed by atoms with Crippen molar-refractivity contribution >= 4 is 11.4 Å². The largest absolute Gasteiger partial charge is 0.377 e. The first-order valence-corrected chi connectivity index (χ1v) is 5.92. The number of nitrogens with one attached hydrogen (secondary N) is 1. The molecule has 0 aliphatic carbocycles. The van der Waals surface area contributed by atoms with Gasteiger partial charge in [0.1, 0.15) is 0 Å². The summed E-state index contributed by atoms with van der Waals surface area (Å²) in [5, 5.41) is 3.38. The van der Waals surface area contributed by atoms with Crippen LogP contribution in [0.4, 0.5) is 11.4 Å². The van der Waals surface area contributed by atoms with Crippen molar-refractivity contribution in [1.82, 2.24) is 5.32 Å². The molecule has 88 valence electrons. The van der Waals surface area contributed by atoms with Gasteiger partial charge in [0.25, 0.3) is 0 Å². The molecule has 0 atom stereocenters. The first kappa shape index (κ1) is 11.3. The van der Waals surface area contributed by atoms with Gasteiger partial charge >= 0.3 is 0 Å². The number of piperazine rings is 1. The van der Waals surface area contributed by atoms with Crippen LogP contribution in [0.25, 0.3) is 0 Å². The molecule has 1 aromatic carbocycles. The van der Waals surface area contributed by atoms with E-state index in [9.17, 15) is 0 Å². The summed E-state index contributed by atoms with van der Waals surface area (Å²) in [5.74, 6) is 0. The third-order valence-corrected chi connectivity index (χ3v) is 3.16. The van der Waals surface area contributed by atoms with Crippen molar-refractivity contribution in [2.75, 3.05) is 50.1 Å². The van der Waals surface area contributed by atoms with Gasteiger partial charge in [-0.15, -0.1) is 0 Å². The molecule has 0 saturated carbocycles. The van der Waals surface area contributed by atoms with Crippen molar-refractivity contribution in [3.05, 3.63) is 23.8 Å². The van der Waals surface area contributed by atoms with E-state index < -0.39 is 0 Å². The first-order chi connectivity index (χ1) is 7.68. The highest BCUT2D eigenvalue weighted by atomic mass is 15.2. The second-order valence-electron chi connectivity index (χ2n) is 4.60. The molecule has 0 radical (unpaired) electrons. The fraction of sp³-hybridized carbons (Fsp3) is 0.538. The highest BCUT2D eigenvalue weighted by Gasteiger charge is 2.11. The fourth-order valence-corrected chi connectivity index (χ4v) is 2.20. The maximum Gasteiger partial charge on any atom is 0.0411 e. The van der Waals surface area contributed by atoms with Crippen LogP contribution in [0.15, 0.2) is 18.2 Å². The highest BCUT2D eigenvalue weighted by molar-refractivity contribution is 5.63. The summed E-state index contributed by atoms with van der Waals surface area (Å²) < 4.78 is 0. The molecule has 0 unspecified atom stereocenters. The molecular weight excluding hydrogens is 198 g/mol. The molecule has 0 aromatic heterocycles. The summed E-state index contributed by atoms with van der Waals surface area (Å²) in [5.41, 5.74) is 4.00. The predicted molar refractivity (Wildman–Crippen MR) is 70.6 cm³/mol. The van der Waals surface area contributed by atoms with Crippen LogP contribution in [0.1, 0.15) is 5.56 Å². The van der Waals surface area contributed by atoms with E-state index in [4.69, 9.17) is 0 Å². The van der Waals surface area contributed by atoms with Crippen LogP contribution in [-0.4, -0.2) is 40.3 Å². The van der Waals surface area contributed by atoms with Crippen molar-refractivity contribution in [3.63, 3.8) is 0 Å². The topological polar surface area (TPSA) is 18.5 Å². The van der Waals surface area contributed by atoms with Gasteiger partial charge in [0, 0.05) is 51.6 Å². The minimum atomic E-state index is 1.09. The second-order valence-corrected chi connectivity index (χ2v) is 4.60. The lowest BCUT2D eigenvalue weighted by atomic mass is 10.1. The van der Waals surface area contributed by atoms with Crippen LogP contribution < -0.4 is 15.1 Å².